The quantitative estimate of drug-likeness (QED) is 0.315. The molecule has 7 nitrogen and oxygen atoms in total. The van der Waals surface area contributed by atoms with Crippen LogP contribution < -0.4 is 10.6 Å². The monoisotopic (exact) mass is 511 g/mol. The number of H-pyrrole nitrogens is 1. The number of guanidine groups is 1. The molecule has 1 unspecified atom stereocenters. The fraction of sp³-hybridized carbons (Fsp3) is 0.571. The fourth-order valence-corrected chi connectivity index (χ4v) is 3.87. The number of nitrogens with zero attached hydrogens (tertiary/aromatic N) is 4. The van der Waals surface area contributed by atoms with Crippen LogP contribution >= 0.6 is 24.0 Å². The van der Waals surface area contributed by atoms with Gasteiger partial charge < -0.3 is 15.5 Å². The lowest BCUT2D eigenvalue weighted by Crippen LogP contribution is -2.53. The van der Waals surface area contributed by atoms with Crippen LogP contribution in [0.1, 0.15) is 57.0 Å². The molecule has 1 aliphatic rings. The molecule has 3 rings (SSSR count). The van der Waals surface area contributed by atoms with Gasteiger partial charge in [-0.25, -0.2) is 4.98 Å². The van der Waals surface area contributed by atoms with Crippen molar-refractivity contribution in [3.05, 3.63) is 48.0 Å². The summed E-state index contributed by atoms with van der Waals surface area (Å²) in [7, 11) is 1.86. The summed E-state index contributed by atoms with van der Waals surface area (Å²) in [6, 6.07) is 10.8. The number of rotatable bonds is 6. The van der Waals surface area contributed by atoms with Crippen LogP contribution in [0, 0.1) is 0 Å². The molecule has 1 aliphatic heterocycles. The van der Waals surface area contributed by atoms with E-state index in [9.17, 15) is 0 Å². The van der Waals surface area contributed by atoms with Gasteiger partial charge in [-0.1, -0.05) is 30.3 Å². The molecule has 3 N–H and O–H groups in total. The molecule has 1 aromatic heterocycles. The molecule has 160 valence electrons. The lowest BCUT2D eigenvalue weighted by Gasteiger charge is -2.36. The fourth-order valence-electron chi connectivity index (χ4n) is 3.87. The smallest absolute Gasteiger partial charge is 0.193 e. The third kappa shape index (κ3) is 6.67. The predicted octanol–water partition coefficient (Wildman–Crippen LogP) is 3.31. The van der Waals surface area contributed by atoms with Gasteiger partial charge in [0.2, 0.25) is 0 Å². The second kappa shape index (κ2) is 10.9. The van der Waals surface area contributed by atoms with Crippen molar-refractivity contribution < 1.29 is 0 Å². The minimum atomic E-state index is -0.0661. The third-order valence-electron chi connectivity index (χ3n) is 5.42. The average Bonchev–Trinajstić information content (AvgIpc) is 3.24. The second-order valence-corrected chi connectivity index (χ2v) is 8.19. The summed E-state index contributed by atoms with van der Waals surface area (Å²) in [6.07, 6.45) is 3.71. The second-order valence-electron chi connectivity index (χ2n) is 8.19. The number of aromatic nitrogens is 3. The molecule has 1 saturated heterocycles. The van der Waals surface area contributed by atoms with Gasteiger partial charge in [0.05, 0.1) is 0 Å². The van der Waals surface area contributed by atoms with Gasteiger partial charge in [-0.3, -0.25) is 10.1 Å². The molecule has 0 amide bonds. The maximum atomic E-state index is 4.51. The van der Waals surface area contributed by atoms with E-state index in [-0.39, 0.29) is 35.6 Å². The zero-order valence-electron chi connectivity index (χ0n) is 17.9. The van der Waals surface area contributed by atoms with Crippen molar-refractivity contribution in [2.75, 3.05) is 26.7 Å². The first-order valence-corrected chi connectivity index (χ1v) is 10.1. The van der Waals surface area contributed by atoms with Crippen molar-refractivity contribution in [2.24, 2.45) is 4.99 Å². The van der Waals surface area contributed by atoms with E-state index in [2.05, 4.69) is 86.8 Å². The van der Waals surface area contributed by atoms with Gasteiger partial charge in [0, 0.05) is 44.2 Å². The number of aromatic amines is 1. The number of halogens is 1. The van der Waals surface area contributed by atoms with Gasteiger partial charge in [-0.05, 0) is 39.2 Å². The minimum absolute atomic E-state index is 0. The Morgan fingerprint density at radius 3 is 2.55 bits per heavy atom. The van der Waals surface area contributed by atoms with E-state index in [1.165, 1.54) is 5.56 Å². The molecule has 1 aromatic carbocycles. The summed E-state index contributed by atoms with van der Waals surface area (Å²) >= 11 is 0. The molecule has 8 heteroatoms. The zero-order valence-corrected chi connectivity index (χ0v) is 20.2. The Morgan fingerprint density at radius 1 is 1.28 bits per heavy atom. The normalized spacial score (nSPS) is 17.0. The van der Waals surface area contributed by atoms with Gasteiger partial charge in [0.15, 0.2) is 5.96 Å². The molecule has 0 radical (unpaired) electrons. The molecular weight excluding hydrogens is 477 g/mol. The maximum Gasteiger partial charge on any atom is 0.193 e. The Balaban J connectivity index is 0.00000300. The number of aliphatic imine (C=N–C) groups is 1. The van der Waals surface area contributed by atoms with Crippen molar-refractivity contribution in [2.45, 2.75) is 51.1 Å². The highest BCUT2D eigenvalue weighted by molar-refractivity contribution is 14.0. The number of benzene rings is 1. The summed E-state index contributed by atoms with van der Waals surface area (Å²) in [5, 5.41) is 14.3. The Hall–Kier alpha value is -1.68. The molecule has 1 atom stereocenters. The summed E-state index contributed by atoms with van der Waals surface area (Å²) in [5.41, 5.74) is 1.23. The number of hydrogen-bond acceptors (Lipinski definition) is 4. The SMILES string of the molecule is CN=C(NCC(C)(C)NC(C)c1ccccc1)N1CCC(c2ncn[nH]2)CC1.I. The number of piperidine rings is 1. The van der Waals surface area contributed by atoms with Crippen molar-refractivity contribution in [3.8, 4) is 0 Å². The van der Waals surface area contributed by atoms with E-state index in [0.717, 1.165) is 44.3 Å². The highest BCUT2D eigenvalue weighted by Crippen LogP contribution is 2.25. The standard InChI is InChI=1S/C21H33N7.HI/c1-16(17-8-6-5-7-9-17)26-21(2,3)14-23-20(22-4)28-12-10-18(11-13-28)19-24-15-25-27-19;/h5-9,15-16,18,26H,10-14H2,1-4H3,(H,22,23)(H,24,25,27);1H. The summed E-state index contributed by atoms with van der Waals surface area (Å²) in [4.78, 5) is 11.2. The molecular formula is C21H34IN7. The van der Waals surface area contributed by atoms with Crippen LogP contribution in [0.25, 0.3) is 0 Å². The van der Waals surface area contributed by atoms with E-state index in [1.54, 1.807) is 6.33 Å². The summed E-state index contributed by atoms with van der Waals surface area (Å²) in [5.74, 6) is 2.43. The molecule has 2 heterocycles. The molecule has 2 aromatic rings. The van der Waals surface area contributed by atoms with Crippen LogP contribution in [-0.4, -0.2) is 58.3 Å². The number of likely N-dealkylation sites (tertiary alicyclic amines) is 1. The number of nitrogens with one attached hydrogen (secondary N) is 3. The Kier molecular flexibility index (Phi) is 8.88. The summed E-state index contributed by atoms with van der Waals surface area (Å²) in [6.45, 7) is 9.41. The van der Waals surface area contributed by atoms with E-state index >= 15 is 0 Å². The first-order chi connectivity index (χ1) is 13.5. The van der Waals surface area contributed by atoms with Crippen molar-refractivity contribution in [3.63, 3.8) is 0 Å². The first kappa shape index (κ1) is 23.6. The highest BCUT2D eigenvalue weighted by Gasteiger charge is 2.26. The zero-order chi connectivity index (χ0) is 20.0. The van der Waals surface area contributed by atoms with E-state index in [0.29, 0.717) is 5.92 Å². The third-order valence-corrected chi connectivity index (χ3v) is 5.42. The van der Waals surface area contributed by atoms with Gasteiger partial charge in [-0.2, -0.15) is 5.10 Å². The van der Waals surface area contributed by atoms with E-state index < -0.39 is 0 Å². The predicted molar refractivity (Wildman–Crippen MR) is 129 cm³/mol. The topological polar surface area (TPSA) is 81.2 Å². The molecule has 0 bridgehead atoms. The lowest BCUT2D eigenvalue weighted by molar-refractivity contribution is 0.290. The number of hydrogen-bond donors (Lipinski definition) is 3. The molecule has 0 aliphatic carbocycles. The Morgan fingerprint density at radius 2 is 1.97 bits per heavy atom. The van der Waals surface area contributed by atoms with Crippen molar-refractivity contribution >= 4 is 29.9 Å². The molecule has 1 fully saturated rings. The van der Waals surface area contributed by atoms with Gasteiger partial charge in [0.1, 0.15) is 12.2 Å². The van der Waals surface area contributed by atoms with Gasteiger partial charge in [-0.15, -0.1) is 24.0 Å². The molecule has 0 spiro atoms. The lowest BCUT2D eigenvalue weighted by atomic mass is 9.96. The maximum absolute atomic E-state index is 4.51. The highest BCUT2D eigenvalue weighted by atomic mass is 127. The van der Waals surface area contributed by atoms with Crippen LogP contribution in [0.4, 0.5) is 0 Å². The molecule has 0 saturated carbocycles. The van der Waals surface area contributed by atoms with Crippen molar-refractivity contribution in [1.82, 2.24) is 30.7 Å². The van der Waals surface area contributed by atoms with E-state index in [4.69, 9.17) is 0 Å². The first-order valence-electron chi connectivity index (χ1n) is 10.1. The van der Waals surface area contributed by atoms with Crippen LogP contribution in [0.5, 0.6) is 0 Å². The van der Waals surface area contributed by atoms with Gasteiger partial charge >= 0.3 is 0 Å². The Bertz CT molecular complexity index is 738. The molecule has 29 heavy (non-hydrogen) atoms. The van der Waals surface area contributed by atoms with Crippen LogP contribution in [0.3, 0.4) is 0 Å². The van der Waals surface area contributed by atoms with Crippen LogP contribution in [0.15, 0.2) is 41.7 Å². The minimum Gasteiger partial charge on any atom is -0.354 e. The van der Waals surface area contributed by atoms with Crippen LogP contribution in [0.2, 0.25) is 0 Å². The van der Waals surface area contributed by atoms with E-state index in [1.807, 2.05) is 7.05 Å². The average molecular weight is 511 g/mol. The Labute approximate surface area is 191 Å². The van der Waals surface area contributed by atoms with Crippen LogP contribution in [-0.2, 0) is 0 Å². The summed E-state index contributed by atoms with van der Waals surface area (Å²) < 4.78 is 0. The van der Waals surface area contributed by atoms with Crippen molar-refractivity contribution in [1.29, 1.82) is 0 Å². The largest absolute Gasteiger partial charge is 0.354 e. The van der Waals surface area contributed by atoms with Gasteiger partial charge in [0.25, 0.3) is 0 Å².